The molecule has 32 heavy (non-hydrogen) atoms. The van der Waals surface area contributed by atoms with E-state index in [4.69, 9.17) is 16.0 Å². The average Bonchev–Trinajstić information content (AvgIpc) is 3.27. The second-order valence-electron chi connectivity index (χ2n) is 7.95. The van der Waals surface area contributed by atoms with E-state index in [1.807, 2.05) is 49.4 Å². The van der Waals surface area contributed by atoms with Gasteiger partial charge in [-0.3, -0.25) is 9.59 Å². The van der Waals surface area contributed by atoms with Gasteiger partial charge >= 0.3 is 0 Å². The molecule has 0 aliphatic heterocycles. The van der Waals surface area contributed by atoms with Crippen LogP contribution in [-0.2, 0) is 15.1 Å². The number of hydrogen-bond donors (Lipinski definition) is 0. The Kier molecular flexibility index (Phi) is 6.67. The van der Waals surface area contributed by atoms with Gasteiger partial charge in [-0.25, -0.2) is 0 Å². The van der Waals surface area contributed by atoms with E-state index in [2.05, 4.69) is 10.2 Å². The van der Waals surface area contributed by atoms with E-state index in [1.165, 1.54) is 0 Å². The second-order valence-corrected chi connectivity index (χ2v) is 9.28. The number of aryl methyl sites for hydroxylation is 1. The molecule has 1 unspecified atom stereocenters. The van der Waals surface area contributed by atoms with Gasteiger partial charge in [0.25, 0.3) is 5.22 Å². The van der Waals surface area contributed by atoms with Crippen molar-refractivity contribution in [2.24, 2.45) is 0 Å². The molecule has 0 N–H and O–H groups in total. The van der Waals surface area contributed by atoms with Crippen molar-refractivity contribution in [3.63, 3.8) is 0 Å². The van der Waals surface area contributed by atoms with Gasteiger partial charge in [0.05, 0.1) is 5.75 Å². The molecule has 1 aliphatic rings. The summed E-state index contributed by atoms with van der Waals surface area (Å²) in [5.41, 5.74) is 1.60. The number of carbonyl (C=O) groups is 2. The maximum Gasteiger partial charge on any atom is 0.277 e. The van der Waals surface area contributed by atoms with E-state index >= 15 is 0 Å². The molecule has 0 radical (unpaired) electrons. The number of amides is 1. The second kappa shape index (κ2) is 9.46. The minimum Gasteiger partial charge on any atom is -0.411 e. The molecule has 8 heteroatoms. The quantitative estimate of drug-likeness (QED) is 0.456. The normalized spacial score (nSPS) is 18.5. The van der Waals surface area contributed by atoms with Crippen LogP contribution in [0.4, 0.5) is 0 Å². The Morgan fingerprint density at radius 3 is 2.62 bits per heavy atom. The predicted octanol–water partition coefficient (Wildman–Crippen LogP) is 5.29. The van der Waals surface area contributed by atoms with E-state index in [0.29, 0.717) is 34.5 Å². The van der Waals surface area contributed by atoms with E-state index in [0.717, 1.165) is 35.7 Å². The zero-order valence-electron chi connectivity index (χ0n) is 18.0. The summed E-state index contributed by atoms with van der Waals surface area (Å²) in [6, 6.07) is 15.1. The maximum absolute atomic E-state index is 13.2. The summed E-state index contributed by atoms with van der Waals surface area (Å²) < 4.78 is 5.72. The van der Waals surface area contributed by atoms with Crippen molar-refractivity contribution in [1.29, 1.82) is 0 Å². The number of ketones is 1. The zero-order chi connectivity index (χ0) is 22.7. The van der Waals surface area contributed by atoms with E-state index in [9.17, 15) is 9.59 Å². The minimum absolute atomic E-state index is 0.0251. The van der Waals surface area contributed by atoms with Gasteiger partial charge in [0.15, 0.2) is 5.78 Å². The largest absolute Gasteiger partial charge is 0.411 e. The number of thioether (sulfide) groups is 1. The summed E-state index contributed by atoms with van der Waals surface area (Å²) >= 11 is 7.64. The first-order valence-electron chi connectivity index (χ1n) is 10.5. The molecule has 3 aromatic rings. The Balaban J connectivity index is 1.51. The molecule has 1 aliphatic carbocycles. The lowest BCUT2D eigenvalue weighted by Crippen LogP contribution is -2.54. The van der Waals surface area contributed by atoms with Crippen LogP contribution in [0, 0.1) is 6.92 Å². The summed E-state index contributed by atoms with van der Waals surface area (Å²) in [5.74, 6) is 0.312. The number of likely N-dealkylation sites (N-methyl/N-ethyl adjacent to an activating group) is 1. The fourth-order valence-corrected chi connectivity index (χ4v) is 5.11. The summed E-state index contributed by atoms with van der Waals surface area (Å²) in [6.07, 6.45) is 2.66. The van der Waals surface area contributed by atoms with Crippen LogP contribution >= 0.6 is 23.4 Å². The number of Topliss-reactive ketones (excluding diaryl/α,β-unsaturated/α-hetero) is 1. The summed E-state index contributed by atoms with van der Waals surface area (Å²) in [5, 5.41) is 8.93. The molecule has 1 saturated carbocycles. The molecule has 1 fully saturated rings. The summed E-state index contributed by atoms with van der Waals surface area (Å²) in [6.45, 7) is 2.01. The first-order valence-corrected chi connectivity index (χ1v) is 11.9. The molecule has 166 valence electrons. The standard InChI is InChI=1S/C24H24ClN3O3S/c1-16-10-12-17(13-11-16)22-26-27-23(31-22)32-15-21(30)28(2)24(14-6-5-9-20(24)29)18-7-3-4-8-19(18)25/h3-4,7-8,10-13H,5-6,9,14-15H2,1-2H3. The Morgan fingerprint density at radius 2 is 1.91 bits per heavy atom. The third-order valence-corrected chi connectivity index (χ3v) is 7.08. The van der Waals surface area contributed by atoms with Gasteiger partial charge < -0.3 is 9.32 Å². The smallest absolute Gasteiger partial charge is 0.277 e. The van der Waals surface area contributed by atoms with Crippen molar-refractivity contribution in [3.05, 3.63) is 64.7 Å². The van der Waals surface area contributed by atoms with E-state index < -0.39 is 5.54 Å². The molecule has 1 amide bonds. The fraction of sp³-hybridized carbons (Fsp3) is 0.333. The topological polar surface area (TPSA) is 76.3 Å². The van der Waals surface area contributed by atoms with Crippen molar-refractivity contribution in [2.75, 3.05) is 12.8 Å². The molecular weight excluding hydrogens is 446 g/mol. The lowest BCUT2D eigenvalue weighted by Gasteiger charge is -2.44. The van der Waals surface area contributed by atoms with Crippen LogP contribution in [0.5, 0.6) is 0 Å². The number of carbonyl (C=O) groups excluding carboxylic acids is 2. The Morgan fingerprint density at radius 1 is 1.16 bits per heavy atom. The SMILES string of the molecule is Cc1ccc(-c2nnc(SCC(=O)N(C)C3(c4ccccc4Cl)CCCCC3=O)o2)cc1. The highest BCUT2D eigenvalue weighted by Crippen LogP contribution is 2.42. The van der Waals surface area contributed by atoms with Crippen molar-refractivity contribution in [2.45, 2.75) is 43.4 Å². The number of halogens is 1. The van der Waals surface area contributed by atoms with Gasteiger partial charge in [-0.15, -0.1) is 10.2 Å². The number of rotatable bonds is 6. The van der Waals surface area contributed by atoms with Gasteiger partial charge in [-0.2, -0.15) is 0 Å². The lowest BCUT2D eigenvalue weighted by atomic mass is 9.74. The molecular formula is C24H24ClN3O3S. The Hall–Kier alpha value is -2.64. The van der Waals surface area contributed by atoms with E-state index in [1.54, 1.807) is 18.0 Å². The molecule has 0 bridgehead atoms. The lowest BCUT2D eigenvalue weighted by molar-refractivity contribution is -0.146. The average molecular weight is 470 g/mol. The van der Waals surface area contributed by atoms with Crippen LogP contribution in [0.2, 0.25) is 5.02 Å². The van der Waals surface area contributed by atoms with Gasteiger partial charge in [-0.05, 0) is 44.4 Å². The number of benzene rings is 2. The van der Waals surface area contributed by atoms with Crippen molar-refractivity contribution >= 4 is 35.1 Å². The highest BCUT2D eigenvalue weighted by atomic mass is 35.5. The highest BCUT2D eigenvalue weighted by molar-refractivity contribution is 7.99. The van der Waals surface area contributed by atoms with E-state index in [-0.39, 0.29) is 17.4 Å². The Bertz CT molecular complexity index is 1130. The molecule has 0 spiro atoms. The van der Waals surface area contributed by atoms with Crippen molar-refractivity contribution in [3.8, 4) is 11.5 Å². The van der Waals surface area contributed by atoms with Crippen LogP contribution in [0.15, 0.2) is 58.2 Å². The molecule has 1 atom stereocenters. The first kappa shape index (κ1) is 22.6. The van der Waals surface area contributed by atoms with Crippen molar-refractivity contribution in [1.82, 2.24) is 15.1 Å². The molecule has 1 heterocycles. The predicted molar refractivity (Wildman–Crippen MR) is 125 cm³/mol. The van der Waals surface area contributed by atoms with Crippen LogP contribution in [0.25, 0.3) is 11.5 Å². The van der Waals surface area contributed by atoms with Gasteiger partial charge in [0.1, 0.15) is 5.54 Å². The molecule has 2 aromatic carbocycles. The van der Waals surface area contributed by atoms with Gasteiger partial charge in [0.2, 0.25) is 11.8 Å². The maximum atomic E-state index is 13.2. The van der Waals surface area contributed by atoms with Crippen LogP contribution in [0.1, 0.15) is 36.8 Å². The Labute approximate surface area is 196 Å². The fourth-order valence-electron chi connectivity index (χ4n) is 4.14. The monoisotopic (exact) mass is 469 g/mol. The van der Waals surface area contributed by atoms with Crippen molar-refractivity contribution < 1.29 is 14.0 Å². The molecule has 4 rings (SSSR count). The number of aromatic nitrogens is 2. The third kappa shape index (κ3) is 4.32. The molecule has 6 nitrogen and oxygen atoms in total. The number of nitrogens with zero attached hydrogens (tertiary/aromatic N) is 3. The molecule has 0 saturated heterocycles. The van der Waals surface area contributed by atoms with Gasteiger partial charge in [-0.1, -0.05) is 59.3 Å². The van der Waals surface area contributed by atoms with Crippen LogP contribution in [-0.4, -0.2) is 39.6 Å². The molecule has 1 aromatic heterocycles. The number of hydrogen-bond acceptors (Lipinski definition) is 6. The van der Waals surface area contributed by atoms with Gasteiger partial charge in [0, 0.05) is 29.6 Å². The third-order valence-electron chi connectivity index (χ3n) is 5.94. The highest BCUT2D eigenvalue weighted by Gasteiger charge is 2.47. The summed E-state index contributed by atoms with van der Waals surface area (Å²) in [4.78, 5) is 27.9. The minimum atomic E-state index is -1.05. The van der Waals surface area contributed by atoms with Crippen LogP contribution < -0.4 is 0 Å². The first-order chi connectivity index (χ1) is 15.4. The van der Waals surface area contributed by atoms with Crippen LogP contribution in [0.3, 0.4) is 0 Å². The zero-order valence-corrected chi connectivity index (χ0v) is 19.6. The summed E-state index contributed by atoms with van der Waals surface area (Å²) in [7, 11) is 1.68.